The molecule has 2 bridgehead atoms. The fourth-order valence-electron chi connectivity index (χ4n) is 3.49. The van der Waals surface area contributed by atoms with E-state index in [1.165, 1.54) is 17.8 Å². The van der Waals surface area contributed by atoms with Crippen molar-refractivity contribution in [2.45, 2.75) is 51.5 Å². The molecule has 1 aromatic heterocycles. The zero-order valence-electron chi connectivity index (χ0n) is 12.6. The Morgan fingerprint density at radius 3 is 2.48 bits per heavy atom. The lowest BCUT2D eigenvalue weighted by Gasteiger charge is -2.26. The van der Waals surface area contributed by atoms with Crippen molar-refractivity contribution < 1.29 is 4.79 Å². The molecule has 118 valence electrons. The summed E-state index contributed by atoms with van der Waals surface area (Å²) in [5.41, 5.74) is 6.16. The van der Waals surface area contributed by atoms with Gasteiger partial charge >= 0.3 is 0 Å². The third-order valence-electron chi connectivity index (χ3n) is 4.58. The summed E-state index contributed by atoms with van der Waals surface area (Å²) in [7, 11) is 0. The molecule has 0 aliphatic heterocycles. The Kier molecular flexibility index (Phi) is 4.61. The van der Waals surface area contributed by atoms with Gasteiger partial charge < -0.3 is 11.1 Å². The molecule has 1 amide bonds. The van der Waals surface area contributed by atoms with E-state index >= 15 is 0 Å². The molecule has 21 heavy (non-hydrogen) atoms. The fraction of sp³-hybridized carbons (Fsp3) is 0.786. The number of hydrogen-bond donors (Lipinski definition) is 2. The maximum atomic E-state index is 12.4. The summed E-state index contributed by atoms with van der Waals surface area (Å²) in [5, 5.41) is 12.7. The number of rotatable bonds is 2. The molecule has 2 saturated carbocycles. The van der Waals surface area contributed by atoms with Crippen molar-refractivity contribution in [2.75, 3.05) is 5.32 Å². The second-order valence-electron chi connectivity index (χ2n) is 7.09. The Morgan fingerprint density at radius 1 is 1.29 bits per heavy atom. The summed E-state index contributed by atoms with van der Waals surface area (Å²) in [5.74, 6) is 0.984. The second-order valence-corrected chi connectivity index (χ2v) is 8.07. The van der Waals surface area contributed by atoms with Gasteiger partial charge in [0.25, 0.3) is 0 Å². The Hall–Kier alpha value is -0.720. The molecule has 0 aromatic carbocycles. The second kappa shape index (κ2) is 5.82. The first kappa shape index (κ1) is 16.6. The molecule has 3 N–H and O–H groups in total. The summed E-state index contributed by atoms with van der Waals surface area (Å²) in [6.07, 6.45) is 3.44. The Bertz CT molecular complexity index is 525. The molecule has 2 aliphatic carbocycles. The van der Waals surface area contributed by atoms with Crippen LogP contribution in [0.2, 0.25) is 0 Å². The highest BCUT2D eigenvalue weighted by atomic mass is 35.5. The molecular weight excluding hydrogens is 308 g/mol. The number of anilines is 1. The number of carbonyl (C=O) groups is 1. The lowest BCUT2D eigenvalue weighted by molar-refractivity contribution is -0.121. The van der Waals surface area contributed by atoms with Crippen molar-refractivity contribution in [1.82, 2.24) is 10.2 Å². The van der Waals surface area contributed by atoms with E-state index < -0.39 is 0 Å². The third kappa shape index (κ3) is 3.07. The zero-order chi connectivity index (χ0) is 14.5. The molecule has 4 unspecified atom stereocenters. The average Bonchev–Trinajstić information content (AvgIpc) is 3.01. The van der Waals surface area contributed by atoms with Crippen LogP contribution >= 0.6 is 23.7 Å². The van der Waals surface area contributed by atoms with Gasteiger partial charge in [-0.05, 0) is 31.1 Å². The summed E-state index contributed by atoms with van der Waals surface area (Å²) in [4.78, 5) is 12.4. The van der Waals surface area contributed by atoms with Gasteiger partial charge in [0.05, 0.1) is 5.92 Å². The number of fused-ring (bicyclic) bond motifs is 2. The first-order chi connectivity index (χ1) is 9.36. The van der Waals surface area contributed by atoms with Crippen LogP contribution in [0.15, 0.2) is 0 Å². The minimum Gasteiger partial charge on any atom is -0.327 e. The van der Waals surface area contributed by atoms with Crippen molar-refractivity contribution >= 4 is 34.8 Å². The Labute approximate surface area is 135 Å². The van der Waals surface area contributed by atoms with Crippen molar-refractivity contribution in [3.8, 4) is 0 Å². The monoisotopic (exact) mass is 330 g/mol. The maximum absolute atomic E-state index is 12.4. The van der Waals surface area contributed by atoms with Crippen molar-refractivity contribution in [1.29, 1.82) is 0 Å². The molecule has 3 rings (SSSR count). The Morgan fingerprint density at radius 2 is 1.95 bits per heavy atom. The largest absolute Gasteiger partial charge is 0.327 e. The van der Waals surface area contributed by atoms with E-state index in [0.29, 0.717) is 17.0 Å². The molecule has 0 radical (unpaired) electrons. The van der Waals surface area contributed by atoms with E-state index in [9.17, 15) is 4.79 Å². The van der Waals surface area contributed by atoms with Crippen molar-refractivity contribution in [3.63, 3.8) is 0 Å². The number of carbonyl (C=O) groups excluding carboxylic acids is 1. The number of nitrogens with zero attached hydrogens (tertiary/aromatic N) is 2. The average molecular weight is 331 g/mol. The predicted octanol–water partition coefficient (Wildman–Crippen LogP) is 2.57. The molecule has 4 atom stereocenters. The molecule has 1 heterocycles. The SMILES string of the molecule is CC(C)(C)c1nnc(NC(=O)C2C3CCC(C3)C2N)s1.Cl. The molecule has 0 spiro atoms. The van der Waals surface area contributed by atoms with Crippen LogP contribution in [-0.4, -0.2) is 22.1 Å². The van der Waals surface area contributed by atoms with Gasteiger partial charge in [-0.25, -0.2) is 0 Å². The maximum Gasteiger partial charge on any atom is 0.231 e. The minimum absolute atomic E-state index is 0. The highest BCUT2D eigenvalue weighted by Crippen LogP contribution is 2.48. The summed E-state index contributed by atoms with van der Waals surface area (Å²) >= 11 is 1.45. The van der Waals surface area contributed by atoms with E-state index in [0.717, 1.165) is 17.8 Å². The molecule has 2 aliphatic rings. The molecule has 5 nitrogen and oxygen atoms in total. The number of halogens is 1. The fourth-order valence-corrected chi connectivity index (χ4v) is 4.29. The number of amides is 1. The van der Waals surface area contributed by atoms with Gasteiger partial charge in [-0.2, -0.15) is 0 Å². The van der Waals surface area contributed by atoms with Crippen LogP contribution in [-0.2, 0) is 10.2 Å². The van der Waals surface area contributed by atoms with Crippen LogP contribution in [0.1, 0.15) is 45.0 Å². The van der Waals surface area contributed by atoms with Gasteiger partial charge in [0.15, 0.2) is 0 Å². The van der Waals surface area contributed by atoms with Crippen molar-refractivity contribution in [2.24, 2.45) is 23.5 Å². The molecular formula is C14H23ClN4OS. The van der Waals surface area contributed by atoms with Gasteiger partial charge in [-0.1, -0.05) is 32.1 Å². The smallest absolute Gasteiger partial charge is 0.231 e. The lowest BCUT2D eigenvalue weighted by atomic mass is 9.84. The predicted molar refractivity (Wildman–Crippen MR) is 86.8 cm³/mol. The quantitative estimate of drug-likeness (QED) is 0.873. The Balaban J connectivity index is 0.00000161. The van der Waals surface area contributed by atoms with Crippen LogP contribution in [0.25, 0.3) is 0 Å². The van der Waals surface area contributed by atoms with Gasteiger partial charge in [-0.15, -0.1) is 22.6 Å². The highest BCUT2D eigenvalue weighted by molar-refractivity contribution is 7.15. The first-order valence-corrected chi connectivity index (χ1v) is 8.08. The molecule has 7 heteroatoms. The highest BCUT2D eigenvalue weighted by Gasteiger charge is 2.49. The van der Waals surface area contributed by atoms with Crippen LogP contribution in [0.5, 0.6) is 0 Å². The van der Waals surface area contributed by atoms with Crippen LogP contribution < -0.4 is 11.1 Å². The van der Waals surface area contributed by atoms with Crippen LogP contribution in [0.4, 0.5) is 5.13 Å². The normalized spacial score (nSPS) is 31.0. The standard InChI is InChI=1S/C14H22N4OS.ClH/c1-14(2,3)12-17-18-13(20-12)16-11(19)9-7-4-5-8(6-7)10(9)15;/h7-10H,4-6,15H2,1-3H3,(H,16,18,19);1H. The van der Waals surface area contributed by atoms with Gasteiger partial charge in [0, 0.05) is 11.5 Å². The lowest BCUT2D eigenvalue weighted by Crippen LogP contribution is -2.42. The number of hydrogen-bond acceptors (Lipinski definition) is 5. The number of nitrogens with one attached hydrogen (secondary N) is 1. The van der Waals surface area contributed by atoms with Gasteiger partial charge in [0.2, 0.25) is 11.0 Å². The summed E-state index contributed by atoms with van der Waals surface area (Å²) in [6, 6.07) is 0.0174. The summed E-state index contributed by atoms with van der Waals surface area (Å²) < 4.78 is 0. The molecule has 1 aromatic rings. The molecule has 0 saturated heterocycles. The van der Waals surface area contributed by atoms with E-state index in [2.05, 4.69) is 36.3 Å². The van der Waals surface area contributed by atoms with E-state index in [1.54, 1.807) is 0 Å². The van der Waals surface area contributed by atoms with Crippen LogP contribution in [0, 0.1) is 17.8 Å². The number of aromatic nitrogens is 2. The zero-order valence-corrected chi connectivity index (χ0v) is 14.3. The molecule has 2 fully saturated rings. The van der Waals surface area contributed by atoms with E-state index in [-0.39, 0.29) is 35.7 Å². The topological polar surface area (TPSA) is 80.9 Å². The van der Waals surface area contributed by atoms with Crippen molar-refractivity contribution in [3.05, 3.63) is 5.01 Å². The first-order valence-electron chi connectivity index (χ1n) is 7.26. The van der Waals surface area contributed by atoms with Crippen LogP contribution in [0.3, 0.4) is 0 Å². The van der Waals surface area contributed by atoms with Gasteiger partial charge in [-0.3, -0.25) is 4.79 Å². The van der Waals surface area contributed by atoms with Gasteiger partial charge in [0.1, 0.15) is 5.01 Å². The number of nitrogens with two attached hydrogens (primary N) is 1. The third-order valence-corrected chi connectivity index (χ3v) is 5.84. The van der Waals surface area contributed by atoms with E-state index in [1.807, 2.05) is 0 Å². The van der Waals surface area contributed by atoms with E-state index in [4.69, 9.17) is 5.73 Å². The minimum atomic E-state index is -0.0456. The summed E-state index contributed by atoms with van der Waals surface area (Å²) in [6.45, 7) is 6.26.